The summed E-state index contributed by atoms with van der Waals surface area (Å²) in [5.41, 5.74) is -0.212. The van der Waals surface area contributed by atoms with E-state index >= 15 is 0 Å². The third-order valence-electron chi connectivity index (χ3n) is 6.92. The molecule has 3 aliphatic heterocycles. The third kappa shape index (κ3) is 3.54. The molecule has 0 saturated carbocycles. The lowest BCUT2D eigenvalue weighted by atomic mass is 9.70. The molecule has 1 aromatic rings. The lowest BCUT2D eigenvalue weighted by molar-refractivity contribution is -0.155. The molecule has 7 atom stereocenters. The van der Waals surface area contributed by atoms with Crippen molar-refractivity contribution in [2.24, 2.45) is 11.8 Å². The number of benzene rings is 1. The van der Waals surface area contributed by atoms with Crippen molar-refractivity contribution < 1.29 is 29.0 Å². The van der Waals surface area contributed by atoms with Crippen molar-refractivity contribution in [3.8, 4) is 0 Å². The van der Waals surface area contributed by atoms with Gasteiger partial charge in [-0.2, -0.15) is 0 Å². The number of ether oxygens (including phenoxy) is 2. The Bertz CT molecular complexity index is 878. The molecule has 174 valence electrons. The number of aliphatic hydroxyl groups is 1. The quantitative estimate of drug-likeness (QED) is 0.406. The van der Waals surface area contributed by atoms with Crippen molar-refractivity contribution >= 4 is 33.7 Å². The fourth-order valence-electron chi connectivity index (χ4n) is 5.56. The van der Waals surface area contributed by atoms with Gasteiger partial charge in [-0.05, 0) is 25.3 Å². The van der Waals surface area contributed by atoms with Crippen molar-refractivity contribution in [3.63, 3.8) is 0 Å². The lowest BCUT2D eigenvalue weighted by Gasteiger charge is -2.36. The second-order valence-corrected chi connectivity index (χ2v) is 9.79. The second kappa shape index (κ2) is 9.11. The Morgan fingerprint density at radius 1 is 1.34 bits per heavy atom. The van der Waals surface area contributed by atoms with Crippen molar-refractivity contribution in [2.45, 2.75) is 61.8 Å². The fourth-order valence-corrected chi connectivity index (χ4v) is 6.51. The van der Waals surface area contributed by atoms with Crippen LogP contribution in [0.4, 0.5) is 0 Å². The highest BCUT2D eigenvalue weighted by Gasteiger charge is 2.77. The van der Waals surface area contributed by atoms with Gasteiger partial charge in [0, 0.05) is 11.4 Å². The first-order chi connectivity index (χ1) is 15.4. The highest BCUT2D eigenvalue weighted by atomic mass is 79.9. The molecule has 0 aliphatic carbocycles. The number of esters is 1. The van der Waals surface area contributed by atoms with Crippen molar-refractivity contribution in [1.82, 2.24) is 10.2 Å². The summed E-state index contributed by atoms with van der Waals surface area (Å²) in [6.07, 6.45) is 0.355. The van der Waals surface area contributed by atoms with Crippen molar-refractivity contribution in [2.75, 3.05) is 13.2 Å². The molecule has 3 fully saturated rings. The first kappa shape index (κ1) is 23.2. The number of nitrogens with zero attached hydrogens (tertiary/aromatic N) is 1. The molecule has 3 saturated heterocycles. The minimum atomic E-state index is -1.14. The number of carbonyl (C=O) groups is 3. The number of hydrogen-bond donors (Lipinski definition) is 2. The molecule has 9 heteroatoms. The van der Waals surface area contributed by atoms with Gasteiger partial charge in [0.15, 0.2) is 0 Å². The van der Waals surface area contributed by atoms with Crippen LogP contribution in [0.5, 0.6) is 0 Å². The number of hydrogen-bond acceptors (Lipinski definition) is 6. The predicted molar refractivity (Wildman–Crippen MR) is 119 cm³/mol. The van der Waals surface area contributed by atoms with E-state index < -0.39 is 41.6 Å². The maximum absolute atomic E-state index is 13.7. The molecule has 32 heavy (non-hydrogen) atoms. The summed E-state index contributed by atoms with van der Waals surface area (Å²) in [5, 5.41) is 12.9. The lowest BCUT2D eigenvalue weighted by Crippen LogP contribution is -2.58. The van der Waals surface area contributed by atoms with Crippen LogP contribution in [0.2, 0.25) is 0 Å². The zero-order valence-corrected chi connectivity index (χ0v) is 19.8. The number of amides is 2. The van der Waals surface area contributed by atoms with Gasteiger partial charge in [-0.25, -0.2) is 0 Å². The molecule has 0 radical (unpaired) electrons. The van der Waals surface area contributed by atoms with Gasteiger partial charge >= 0.3 is 5.97 Å². The van der Waals surface area contributed by atoms with Crippen LogP contribution < -0.4 is 5.32 Å². The molecule has 3 heterocycles. The summed E-state index contributed by atoms with van der Waals surface area (Å²) in [6, 6.07) is 8.01. The first-order valence-electron chi connectivity index (χ1n) is 11.1. The van der Waals surface area contributed by atoms with E-state index in [0.29, 0.717) is 19.4 Å². The Morgan fingerprint density at radius 2 is 2.06 bits per heavy atom. The molecule has 1 aromatic carbocycles. The van der Waals surface area contributed by atoms with Crippen LogP contribution in [0, 0.1) is 11.8 Å². The van der Waals surface area contributed by atoms with E-state index in [2.05, 4.69) is 21.2 Å². The minimum Gasteiger partial charge on any atom is -0.466 e. The van der Waals surface area contributed by atoms with E-state index in [4.69, 9.17) is 9.47 Å². The highest BCUT2D eigenvalue weighted by Crippen LogP contribution is 2.60. The standard InChI is InChI=1S/C23H29BrN2O6/c1-3-14(12-27)26-19(20(28)25-11-13-8-6-5-7-9-13)23-10-15(24)18(32-23)16(17(23)21(26)29)22(30)31-4-2/h5-9,14-19,27H,3-4,10-12H2,1-2H3,(H,25,28)/t14-,15?,16-,17+,18-,19-,23+/m0/s1. The normalized spacial score (nSPS) is 33.8. The zero-order chi connectivity index (χ0) is 23.0. The molecule has 4 rings (SSSR count). The molecule has 8 nitrogen and oxygen atoms in total. The Morgan fingerprint density at radius 3 is 2.69 bits per heavy atom. The summed E-state index contributed by atoms with van der Waals surface area (Å²) in [7, 11) is 0. The molecule has 3 aliphatic rings. The van der Waals surface area contributed by atoms with E-state index in [1.54, 1.807) is 6.92 Å². The Balaban J connectivity index is 1.70. The molecule has 2 bridgehead atoms. The number of fused-ring (bicyclic) bond motifs is 1. The van der Waals surface area contributed by atoms with Gasteiger partial charge in [0.05, 0.1) is 37.2 Å². The van der Waals surface area contributed by atoms with E-state index in [-0.39, 0.29) is 29.9 Å². The van der Waals surface area contributed by atoms with Crippen LogP contribution in [0.3, 0.4) is 0 Å². The Labute approximate surface area is 195 Å². The number of rotatable bonds is 8. The van der Waals surface area contributed by atoms with E-state index in [1.807, 2.05) is 37.3 Å². The largest absolute Gasteiger partial charge is 0.466 e. The Kier molecular flexibility index (Phi) is 6.61. The SMILES string of the molecule is CCOC(=O)[C@@H]1[C@H]2O[C@@]3(CC2Br)[C@H](C(=O)NCc2ccccc2)N([C@@H](CC)CO)C(=O)[C@@H]13. The number of likely N-dealkylation sites (tertiary alicyclic amines) is 1. The monoisotopic (exact) mass is 508 g/mol. The number of alkyl halides is 1. The van der Waals surface area contributed by atoms with E-state index in [1.165, 1.54) is 4.90 Å². The van der Waals surface area contributed by atoms with Crippen LogP contribution in [-0.2, 0) is 30.4 Å². The number of halogens is 1. The highest BCUT2D eigenvalue weighted by molar-refractivity contribution is 9.09. The van der Waals surface area contributed by atoms with Gasteiger partial charge in [0.1, 0.15) is 11.6 Å². The van der Waals surface area contributed by atoms with Crippen LogP contribution in [0.1, 0.15) is 32.3 Å². The maximum atomic E-state index is 13.7. The van der Waals surface area contributed by atoms with Gasteiger partial charge in [0.25, 0.3) is 0 Å². The average molecular weight is 509 g/mol. The summed E-state index contributed by atoms with van der Waals surface area (Å²) >= 11 is 3.61. The fraction of sp³-hybridized carbons (Fsp3) is 0.609. The summed E-state index contributed by atoms with van der Waals surface area (Å²) in [4.78, 5) is 41.3. The third-order valence-corrected chi connectivity index (χ3v) is 7.76. The van der Waals surface area contributed by atoms with Gasteiger partial charge in [-0.1, -0.05) is 53.2 Å². The van der Waals surface area contributed by atoms with E-state index in [0.717, 1.165) is 5.56 Å². The van der Waals surface area contributed by atoms with Gasteiger partial charge < -0.3 is 24.8 Å². The van der Waals surface area contributed by atoms with Gasteiger partial charge in [-0.3, -0.25) is 14.4 Å². The van der Waals surface area contributed by atoms with E-state index in [9.17, 15) is 19.5 Å². The topological polar surface area (TPSA) is 105 Å². The van der Waals surface area contributed by atoms with Crippen LogP contribution in [-0.4, -0.2) is 69.6 Å². The molecular weight excluding hydrogens is 480 g/mol. The summed E-state index contributed by atoms with van der Waals surface area (Å²) < 4.78 is 11.6. The first-order valence-corrected chi connectivity index (χ1v) is 12.0. The molecule has 2 N–H and O–H groups in total. The zero-order valence-electron chi connectivity index (χ0n) is 18.2. The number of aliphatic hydroxyl groups excluding tert-OH is 1. The van der Waals surface area contributed by atoms with Crippen molar-refractivity contribution in [3.05, 3.63) is 35.9 Å². The molecular formula is C23H29BrN2O6. The maximum Gasteiger partial charge on any atom is 0.312 e. The van der Waals surface area contributed by atoms with Crippen LogP contribution in [0.15, 0.2) is 30.3 Å². The molecule has 0 aromatic heterocycles. The Hall–Kier alpha value is -1.97. The summed E-state index contributed by atoms with van der Waals surface area (Å²) in [5.74, 6) is -2.75. The van der Waals surface area contributed by atoms with Gasteiger partial charge in [0.2, 0.25) is 11.8 Å². The minimum absolute atomic E-state index is 0.181. The van der Waals surface area contributed by atoms with Crippen LogP contribution in [0.25, 0.3) is 0 Å². The smallest absolute Gasteiger partial charge is 0.312 e. The number of nitrogens with one attached hydrogen (secondary N) is 1. The van der Waals surface area contributed by atoms with Gasteiger partial charge in [-0.15, -0.1) is 0 Å². The second-order valence-electron chi connectivity index (χ2n) is 8.61. The van der Waals surface area contributed by atoms with Crippen LogP contribution >= 0.6 is 15.9 Å². The average Bonchev–Trinajstić information content (AvgIpc) is 3.38. The molecule has 2 amide bonds. The predicted octanol–water partition coefficient (Wildman–Crippen LogP) is 1.38. The summed E-state index contributed by atoms with van der Waals surface area (Å²) in [6.45, 7) is 3.79. The molecule has 1 unspecified atom stereocenters. The van der Waals surface area contributed by atoms with Crippen molar-refractivity contribution in [1.29, 1.82) is 0 Å². The number of carbonyl (C=O) groups excluding carboxylic acids is 3. The molecule has 1 spiro atoms.